The fourth-order valence-corrected chi connectivity index (χ4v) is 8.79. The topological polar surface area (TPSA) is 0 Å². The van der Waals surface area contributed by atoms with Gasteiger partial charge in [0.05, 0.1) is 34.1 Å². The van der Waals surface area contributed by atoms with Crippen molar-refractivity contribution >= 4 is 44.5 Å². The Kier molecular flexibility index (Phi) is 6.81. The Balaban J connectivity index is 1.20. The Labute approximate surface area is 262 Å². The maximum atomic E-state index is 7.19. The molecule has 0 aromatic heterocycles. The maximum Gasteiger partial charge on any atom is 0.141 e. The normalized spacial score (nSPS) is 26.3. The van der Waals surface area contributed by atoms with E-state index in [0.717, 1.165) is 33.3 Å². The van der Waals surface area contributed by atoms with Gasteiger partial charge in [-0.1, -0.05) is 79.2 Å². The Hall–Kier alpha value is -3.43. The largest absolute Gasteiger partial charge is 0.290 e. The van der Waals surface area contributed by atoms with Gasteiger partial charge in [-0.25, -0.2) is 0 Å². The first-order chi connectivity index (χ1) is 20.6. The van der Waals surface area contributed by atoms with Gasteiger partial charge >= 0.3 is 0 Å². The van der Waals surface area contributed by atoms with Gasteiger partial charge in [0.2, 0.25) is 0 Å². The maximum absolute atomic E-state index is 7.19. The average Bonchev–Trinajstić information content (AvgIpc) is 3.33. The van der Waals surface area contributed by atoms with E-state index in [4.69, 9.17) is 11.6 Å². The van der Waals surface area contributed by atoms with Crippen LogP contribution in [0.3, 0.4) is 0 Å². The van der Waals surface area contributed by atoms with Crippen LogP contribution in [-0.4, -0.2) is 34.2 Å². The van der Waals surface area contributed by atoms with Crippen LogP contribution in [0.1, 0.15) is 56.1 Å². The number of nitrogens with zero attached hydrogens (tertiary/aromatic N) is 2. The molecule has 7 rings (SSSR count). The van der Waals surface area contributed by atoms with Crippen molar-refractivity contribution in [3.63, 3.8) is 0 Å². The van der Waals surface area contributed by atoms with Crippen LogP contribution in [-0.2, 0) is 0 Å². The summed E-state index contributed by atoms with van der Waals surface area (Å²) in [5, 5.41) is 6.35. The molecule has 0 radical (unpaired) electrons. The number of hydrogen-bond acceptors (Lipinski definition) is 0. The molecule has 3 aliphatic rings. The van der Waals surface area contributed by atoms with Crippen molar-refractivity contribution in [3.05, 3.63) is 130 Å². The number of hydrogen-bond donors (Lipinski definition) is 0. The van der Waals surface area contributed by atoms with Gasteiger partial charge in [0.25, 0.3) is 0 Å². The third-order valence-electron chi connectivity index (χ3n) is 10.8. The summed E-state index contributed by atoms with van der Waals surface area (Å²) in [7, 11) is 9.34. The molecule has 2 nitrogen and oxygen atoms in total. The molecule has 0 bridgehead atoms. The molecule has 0 fully saturated rings. The molecule has 0 N–H and O–H groups in total. The lowest BCUT2D eigenvalue weighted by Gasteiger charge is -2.32. The first-order valence-electron chi connectivity index (χ1n) is 15.8. The lowest BCUT2D eigenvalue weighted by molar-refractivity contribution is 0.341. The number of likely N-dealkylation sites (N-methyl/N-ethyl adjacent to an activating group) is 2. The minimum absolute atomic E-state index is 0.347. The molecule has 0 saturated carbocycles. The van der Waals surface area contributed by atoms with Crippen LogP contribution < -0.4 is 8.97 Å². The van der Waals surface area contributed by atoms with Crippen LogP contribution in [0.5, 0.6) is 0 Å². The van der Waals surface area contributed by atoms with Gasteiger partial charge in [0.1, 0.15) is 23.1 Å². The van der Waals surface area contributed by atoms with Crippen molar-refractivity contribution in [2.45, 2.75) is 51.0 Å². The molecule has 0 saturated heterocycles. The number of fused-ring (bicyclic) bond motifs is 6. The van der Waals surface area contributed by atoms with E-state index in [1.165, 1.54) is 60.9 Å². The summed E-state index contributed by atoms with van der Waals surface area (Å²) in [5.41, 5.74) is 9.72. The lowest BCUT2D eigenvalue weighted by atomic mass is 9.90. The molecule has 3 atom stereocenters. The smallest absolute Gasteiger partial charge is 0.141 e. The Bertz CT molecular complexity index is 1900. The Morgan fingerprint density at radius 2 is 1.35 bits per heavy atom. The van der Waals surface area contributed by atoms with Crippen LogP contribution in [0.25, 0.3) is 21.5 Å². The third kappa shape index (κ3) is 4.38. The van der Waals surface area contributed by atoms with Gasteiger partial charge in [0.15, 0.2) is 0 Å². The molecule has 218 valence electrons. The predicted molar refractivity (Wildman–Crippen MR) is 188 cm³/mol. The fraction of sp³-hybridized carbons (Fsp3) is 0.300. The zero-order valence-electron chi connectivity index (χ0n) is 26.4. The number of rotatable bonds is 3. The second-order valence-electron chi connectivity index (χ2n) is 13.8. The summed E-state index contributed by atoms with van der Waals surface area (Å²) in [6.07, 6.45) is 12.7. The lowest BCUT2D eigenvalue weighted by Crippen LogP contribution is -2.46. The quantitative estimate of drug-likeness (QED) is 0.209. The van der Waals surface area contributed by atoms with E-state index in [0.29, 0.717) is 17.9 Å². The first-order valence-corrected chi connectivity index (χ1v) is 16.2. The van der Waals surface area contributed by atoms with Crippen LogP contribution in [0.15, 0.2) is 119 Å². The predicted octanol–water partition coefficient (Wildman–Crippen LogP) is 10.5. The zero-order valence-corrected chi connectivity index (χ0v) is 27.1. The third-order valence-corrected chi connectivity index (χ3v) is 11.2. The molecular weight excluding hydrogens is 544 g/mol. The molecule has 43 heavy (non-hydrogen) atoms. The van der Waals surface area contributed by atoms with E-state index in [2.05, 4.69) is 139 Å². The molecule has 3 heteroatoms. The Morgan fingerprint density at radius 3 is 2.05 bits per heavy atom. The van der Waals surface area contributed by atoms with Crippen molar-refractivity contribution in [1.82, 2.24) is 8.97 Å². The van der Waals surface area contributed by atoms with Crippen LogP contribution in [0.4, 0.5) is 11.4 Å². The number of allylic oxidation sites excluding steroid dienone is 7. The standard InChI is InChI=1S/C40H43ClN2/c1-26-34(42(3,4)36-24-18-28-12-7-9-16-32(28)38(26)36)22-20-30-14-11-15-31(40(30)41)21-23-35-27(2)39-33-17-10-8-13-29(33)19-25-37(39)43(35,5)6/h7-10,12-13,16-27,34H,11,14-15H2,1-6H3/q+2. The van der Waals surface area contributed by atoms with Crippen molar-refractivity contribution in [3.8, 4) is 0 Å². The van der Waals surface area contributed by atoms with Crippen molar-refractivity contribution in [2.75, 3.05) is 28.2 Å². The van der Waals surface area contributed by atoms with Gasteiger partial charge in [-0.3, -0.25) is 8.97 Å². The van der Waals surface area contributed by atoms with E-state index >= 15 is 0 Å². The highest BCUT2D eigenvalue weighted by molar-refractivity contribution is 6.32. The SMILES string of the molecule is CC1C(=CC=C2CCCC(C=CC3C(C)c4c(ccc5ccccc45)[N+]3(C)C)=C2Cl)[N+](C)(C)c2ccc3ccccc3c21. The van der Waals surface area contributed by atoms with Gasteiger partial charge in [-0.2, -0.15) is 0 Å². The zero-order chi connectivity index (χ0) is 30.1. The molecule has 0 amide bonds. The summed E-state index contributed by atoms with van der Waals surface area (Å²) < 4.78 is 1.64. The van der Waals surface area contributed by atoms with Crippen molar-refractivity contribution in [2.24, 2.45) is 0 Å². The highest BCUT2D eigenvalue weighted by Gasteiger charge is 2.45. The van der Waals surface area contributed by atoms with Crippen LogP contribution in [0.2, 0.25) is 0 Å². The molecule has 3 unspecified atom stereocenters. The van der Waals surface area contributed by atoms with Crippen LogP contribution in [0, 0.1) is 0 Å². The fourth-order valence-electron chi connectivity index (χ4n) is 8.47. The van der Waals surface area contributed by atoms with Gasteiger partial charge in [0, 0.05) is 34.2 Å². The number of halogens is 1. The minimum Gasteiger partial charge on any atom is -0.290 e. The second-order valence-corrected chi connectivity index (χ2v) is 14.1. The van der Waals surface area contributed by atoms with E-state index in [-0.39, 0.29) is 0 Å². The van der Waals surface area contributed by atoms with Gasteiger partial charge in [-0.05, 0) is 83.2 Å². The highest BCUT2D eigenvalue weighted by Crippen LogP contribution is 2.50. The summed E-state index contributed by atoms with van der Waals surface area (Å²) >= 11 is 7.19. The molecule has 1 aliphatic carbocycles. The summed E-state index contributed by atoms with van der Waals surface area (Å²) in [4.78, 5) is 0. The second kappa shape index (κ2) is 10.3. The highest BCUT2D eigenvalue weighted by atomic mass is 35.5. The van der Waals surface area contributed by atoms with Crippen molar-refractivity contribution < 1.29 is 0 Å². The van der Waals surface area contributed by atoms with E-state index in [9.17, 15) is 0 Å². The van der Waals surface area contributed by atoms with Crippen LogP contribution >= 0.6 is 11.6 Å². The van der Waals surface area contributed by atoms with Crippen molar-refractivity contribution in [1.29, 1.82) is 0 Å². The summed E-state index contributed by atoms with van der Waals surface area (Å²) in [5.74, 6) is 0.775. The van der Waals surface area contributed by atoms with E-state index < -0.39 is 0 Å². The Morgan fingerprint density at radius 1 is 0.721 bits per heavy atom. The van der Waals surface area contributed by atoms with Gasteiger partial charge in [-0.15, -0.1) is 0 Å². The molecular formula is C40H43ClN2+2. The molecule has 0 spiro atoms. The molecule has 4 aromatic rings. The van der Waals surface area contributed by atoms with E-state index in [1.807, 2.05) is 0 Å². The first kappa shape index (κ1) is 28.3. The summed E-state index contributed by atoms with van der Waals surface area (Å²) in [6.45, 7) is 4.75. The molecule has 2 heterocycles. The monoisotopic (exact) mass is 586 g/mol. The van der Waals surface area contributed by atoms with Gasteiger partial charge < -0.3 is 0 Å². The van der Waals surface area contributed by atoms with E-state index in [1.54, 1.807) is 0 Å². The number of quaternary nitrogens is 2. The molecule has 2 aliphatic heterocycles. The number of benzene rings is 4. The summed E-state index contributed by atoms with van der Waals surface area (Å²) in [6, 6.07) is 27.2. The minimum atomic E-state index is 0.347. The molecule has 4 aromatic carbocycles. The average molecular weight is 587 g/mol.